The number of nitrogens with one attached hydrogen (secondary N) is 1. The maximum Gasteiger partial charge on any atom is 0.159 e. The first-order valence-electron chi connectivity index (χ1n) is 9.06. The second-order valence-corrected chi connectivity index (χ2v) is 8.19. The minimum atomic E-state index is -0.276. The molecule has 0 radical (unpaired) electrons. The summed E-state index contributed by atoms with van der Waals surface area (Å²) < 4.78 is 19.8. The average molecular weight is 467 g/mol. The molecule has 1 aromatic rings. The van der Waals surface area contributed by atoms with E-state index in [9.17, 15) is 4.39 Å². The van der Waals surface area contributed by atoms with Crippen LogP contribution in [0.2, 0.25) is 0 Å². The molecule has 0 spiro atoms. The zero-order chi connectivity index (χ0) is 20.1. The molecule has 0 aromatic heterocycles. The fourth-order valence-electron chi connectivity index (χ4n) is 3.24. The molecular formula is C20H24BrFN4OS. The van der Waals surface area contributed by atoms with Gasteiger partial charge in [0.25, 0.3) is 0 Å². The molecule has 2 aliphatic rings. The van der Waals surface area contributed by atoms with Gasteiger partial charge in [-0.2, -0.15) is 0 Å². The van der Waals surface area contributed by atoms with E-state index >= 15 is 0 Å². The molecule has 1 fully saturated rings. The van der Waals surface area contributed by atoms with Crippen molar-refractivity contribution >= 4 is 38.6 Å². The largest absolute Gasteiger partial charge is 0.379 e. The Balaban J connectivity index is 2.00. The van der Waals surface area contributed by atoms with Crippen LogP contribution in [0.4, 0.5) is 4.39 Å². The predicted molar refractivity (Wildman–Crippen MR) is 119 cm³/mol. The van der Waals surface area contributed by atoms with Gasteiger partial charge in [0.15, 0.2) is 5.84 Å². The van der Waals surface area contributed by atoms with Crippen LogP contribution in [-0.4, -0.2) is 54.9 Å². The maximum atomic E-state index is 13.6. The highest BCUT2D eigenvalue weighted by atomic mass is 79.9. The molecule has 0 amide bonds. The van der Waals surface area contributed by atoms with Crippen molar-refractivity contribution in [3.8, 4) is 0 Å². The summed E-state index contributed by atoms with van der Waals surface area (Å²) in [7, 11) is 0. The van der Waals surface area contributed by atoms with Crippen molar-refractivity contribution in [1.29, 1.82) is 0 Å². The number of nitrogens with zero attached hydrogens (tertiary/aromatic N) is 3. The Morgan fingerprint density at radius 3 is 2.89 bits per heavy atom. The Labute approximate surface area is 178 Å². The Hall–Kier alpha value is -1.48. The number of morpholine rings is 1. The van der Waals surface area contributed by atoms with Crippen LogP contribution in [0.25, 0.3) is 0 Å². The lowest BCUT2D eigenvalue weighted by molar-refractivity contribution is 0.0417. The van der Waals surface area contributed by atoms with Crippen molar-refractivity contribution in [2.45, 2.75) is 13.0 Å². The van der Waals surface area contributed by atoms with Gasteiger partial charge < -0.3 is 10.1 Å². The molecule has 0 bridgehead atoms. The number of amidine groups is 1. The summed E-state index contributed by atoms with van der Waals surface area (Å²) in [4.78, 5) is 11.6. The van der Waals surface area contributed by atoms with Crippen molar-refractivity contribution in [1.82, 2.24) is 10.2 Å². The number of aliphatic imine (C=N–C) groups is 2. The van der Waals surface area contributed by atoms with E-state index in [1.807, 2.05) is 6.26 Å². The molecule has 3 rings (SSSR count). The van der Waals surface area contributed by atoms with E-state index in [2.05, 4.69) is 44.6 Å². The summed E-state index contributed by atoms with van der Waals surface area (Å²) in [5, 5.41) is 4.24. The molecular weight excluding hydrogens is 443 g/mol. The Morgan fingerprint density at radius 1 is 1.50 bits per heavy atom. The zero-order valence-corrected chi connectivity index (χ0v) is 18.4. The van der Waals surface area contributed by atoms with Gasteiger partial charge in [-0.25, -0.2) is 9.38 Å². The maximum absolute atomic E-state index is 13.6. The number of halogens is 2. The SMILES string of the molecule is C=CN=C(SC)C1=NC(c2ccc(F)cc2Br)C(C)=C(CN2CCOCC2)N1. The van der Waals surface area contributed by atoms with Crippen LogP contribution in [0.5, 0.6) is 0 Å². The van der Waals surface area contributed by atoms with Crippen LogP contribution in [0.1, 0.15) is 18.5 Å². The minimum absolute atomic E-state index is 0.218. The highest BCUT2D eigenvalue weighted by Crippen LogP contribution is 2.35. The number of ether oxygens (including phenoxy) is 1. The molecule has 5 nitrogen and oxygen atoms in total. The van der Waals surface area contributed by atoms with Crippen molar-refractivity contribution in [3.63, 3.8) is 0 Å². The smallest absolute Gasteiger partial charge is 0.159 e. The molecule has 2 heterocycles. The highest BCUT2D eigenvalue weighted by Gasteiger charge is 2.27. The molecule has 1 atom stereocenters. The molecule has 150 valence electrons. The molecule has 1 saturated heterocycles. The van der Waals surface area contributed by atoms with E-state index in [0.717, 1.165) is 54.7 Å². The van der Waals surface area contributed by atoms with E-state index in [-0.39, 0.29) is 11.9 Å². The molecule has 28 heavy (non-hydrogen) atoms. The molecule has 1 N–H and O–H groups in total. The second kappa shape index (κ2) is 9.82. The molecule has 8 heteroatoms. The average Bonchev–Trinajstić information content (AvgIpc) is 2.69. The highest BCUT2D eigenvalue weighted by molar-refractivity contribution is 9.10. The summed E-state index contributed by atoms with van der Waals surface area (Å²) in [6.07, 6.45) is 3.48. The van der Waals surface area contributed by atoms with E-state index in [0.29, 0.717) is 10.3 Å². The number of hydrogen-bond donors (Lipinski definition) is 1. The van der Waals surface area contributed by atoms with Crippen LogP contribution in [0.15, 0.2) is 56.7 Å². The third-order valence-electron chi connectivity index (χ3n) is 4.76. The Morgan fingerprint density at radius 2 is 2.25 bits per heavy atom. The molecule has 1 unspecified atom stereocenters. The van der Waals surface area contributed by atoms with Gasteiger partial charge in [-0.05, 0) is 36.4 Å². The van der Waals surface area contributed by atoms with Crippen molar-refractivity contribution in [3.05, 3.63) is 58.1 Å². The topological polar surface area (TPSA) is 49.2 Å². The fraction of sp³-hybridized carbons (Fsp3) is 0.400. The quantitative estimate of drug-likeness (QED) is 0.523. The van der Waals surface area contributed by atoms with Crippen molar-refractivity contribution < 1.29 is 9.13 Å². The lowest BCUT2D eigenvalue weighted by Gasteiger charge is -2.32. The second-order valence-electron chi connectivity index (χ2n) is 6.54. The van der Waals surface area contributed by atoms with Gasteiger partial charge in [0, 0.05) is 36.0 Å². The number of hydrogen-bond acceptors (Lipinski definition) is 6. The predicted octanol–water partition coefficient (Wildman–Crippen LogP) is 4.14. The van der Waals surface area contributed by atoms with E-state index in [4.69, 9.17) is 9.73 Å². The number of rotatable bonds is 5. The standard InChI is InChI=1S/C20H24BrFN4OS/c1-4-23-20(28-3)19-24-17(12-26-7-9-27-10-8-26)13(2)18(25-19)15-6-5-14(22)11-16(15)21/h4-6,11,18H,1,7-10,12H2,2-3H3,(H,24,25). The lowest BCUT2D eigenvalue weighted by Crippen LogP contribution is -2.43. The van der Waals surface area contributed by atoms with Gasteiger partial charge in [0.1, 0.15) is 16.9 Å². The van der Waals surface area contributed by atoms with Gasteiger partial charge >= 0.3 is 0 Å². The van der Waals surface area contributed by atoms with Gasteiger partial charge in [-0.15, -0.1) is 11.8 Å². The minimum Gasteiger partial charge on any atom is -0.379 e. The summed E-state index contributed by atoms with van der Waals surface area (Å²) in [5.74, 6) is 0.435. The van der Waals surface area contributed by atoms with Crippen LogP contribution < -0.4 is 5.32 Å². The van der Waals surface area contributed by atoms with Gasteiger partial charge in [0.05, 0.1) is 13.2 Å². The van der Waals surface area contributed by atoms with Crippen LogP contribution in [0.3, 0.4) is 0 Å². The summed E-state index contributed by atoms with van der Waals surface area (Å²) in [6.45, 7) is 9.84. The third kappa shape index (κ3) is 4.92. The molecule has 1 aromatic carbocycles. The fourth-order valence-corrected chi connectivity index (χ4v) is 4.28. The van der Waals surface area contributed by atoms with Crippen LogP contribution >= 0.6 is 27.7 Å². The normalized spacial score (nSPS) is 21.4. The van der Waals surface area contributed by atoms with Gasteiger partial charge in [-0.3, -0.25) is 9.89 Å². The van der Waals surface area contributed by atoms with Crippen molar-refractivity contribution in [2.24, 2.45) is 9.98 Å². The first-order chi connectivity index (χ1) is 13.5. The van der Waals surface area contributed by atoms with Crippen molar-refractivity contribution in [2.75, 3.05) is 39.1 Å². The molecule has 0 aliphatic carbocycles. The summed E-state index contributed by atoms with van der Waals surface area (Å²) in [5.41, 5.74) is 3.14. The first-order valence-corrected chi connectivity index (χ1v) is 11.1. The Bertz CT molecular complexity index is 833. The monoisotopic (exact) mass is 466 g/mol. The van der Waals surface area contributed by atoms with Gasteiger partial charge in [-0.1, -0.05) is 28.6 Å². The molecule has 0 saturated carbocycles. The molecule has 2 aliphatic heterocycles. The summed E-state index contributed by atoms with van der Waals surface area (Å²) in [6, 6.07) is 4.52. The number of thioether (sulfide) groups is 1. The van der Waals surface area contributed by atoms with E-state index in [1.165, 1.54) is 30.1 Å². The third-order valence-corrected chi connectivity index (χ3v) is 6.13. The van der Waals surface area contributed by atoms with E-state index < -0.39 is 0 Å². The first kappa shape index (κ1) is 21.2. The zero-order valence-electron chi connectivity index (χ0n) is 16.0. The van der Waals surface area contributed by atoms with Crippen LogP contribution in [0, 0.1) is 5.82 Å². The van der Waals surface area contributed by atoms with Gasteiger partial charge in [0.2, 0.25) is 0 Å². The number of benzene rings is 1. The van der Waals surface area contributed by atoms with E-state index in [1.54, 1.807) is 6.07 Å². The van der Waals surface area contributed by atoms with Crippen LogP contribution in [-0.2, 0) is 4.74 Å². The lowest BCUT2D eigenvalue weighted by atomic mass is 9.96. The Kier molecular flexibility index (Phi) is 7.45. The summed E-state index contributed by atoms with van der Waals surface area (Å²) >= 11 is 5.01.